The van der Waals surface area contributed by atoms with Gasteiger partial charge in [0.05, 0.1) is 0 Å². The van der Waals surface area contributed by atoms with E-state index in [-0.39, 0.29) is 0 Å². The van der Waals surface area contributed by atoms with Crippen molar-refractivity contribution in [2.45, 2.75) is 26.3 Å². The molecule has 0 aromatic carbocycles. The average molecular weight is 273 g/mol. The van der Waals surface area contributed by atoms with E-state index < -0.39 is 0 Å². The van der Waals surface area contributed by atoms with E-state index in [1.54, 1.807) is 0 Å². The lowest BCUT2D eigenvalue weighted by Gasteiger charge is -2.21. The van der Waals surface area contributed by atoms with E-state index in [2.05, 4.69) is 36.7 Å². The van der Waals surface area contributed by atoms with E-state index in [1.165, 1.54) is 4.88 Å². The van der Waals surface area contributed by atoms with Gasteiger partial charge in [0.2, 0.25) is 0 Å². The van der Waals surface area contributed by atoms with Crippen molar-refractivity contribution in [3.63, 3.8) is 0 Å². The van der Waals surface area contributed by atoms with Gasteiger partial charge in [-0.05, 0) is 29.5 Å². The van der Waals surface area contributed by atoms with Gasteiger partial charge in [0.25, 0.3) is 0 Å². The standard InChI is InChI=1S/C13H23NOS2/c1-11(2)13(12-5-3-9-17-12)14-6-10-16-8-4-7-15/h3,5,9,11,13-15H,4,6-8,10H2,1-2H3. The zero-order chi connectivity index (χ0) is 12.5. The zero-order valence-electron chi connectivity index (χ0n) is 10.7. The van der Waals surface area contributed by atoms with Crippen LogP contribution in [0.1, 0.15) is 31.2 Å². The number of nitrogens with one attached hydrogen (secondary N) is 1. The van der Waals surface area contributed by atoms with Crippen molar-refractivity contribution in [1.29, 1.82) is 0 Å². The lowest BCUT2D eigenvalue weighted by Crippen LogP contribution is -2.27. The van der Waals surface area contributed by atoms with Crippen LogP contribution >= 0.6 is 23.1 Å². The van der Waals surface area contributed by atoms with Crippen molar-refractivity contribution < 1.29 is 5.11 Å². The Morgan fingerprint density at radius 3 is 2.82 bits per heavy atom. The van der Waals surface area contributed by atoms with E-state index in [0.29, 0.717) is 18.6 Å². The Morgan fingerprint density at radius 1 is 1.41 bits per heavy atom. The topological polar surface area (TPSA) is 32.3 Å². The molecule has 1 atom stereocenters. The van der Waals surface area contributed by atoms with Crippen molar-refractivity contribution in [2.24, 2.45) is 5.92 Å². The molecule has 4 heteroatoms. The zero-order valence-corrected chi connectivity index (χ0v) is 12.3. The summed E-state index contributed by atoms with van der Waals surface area (Å²) in [6.45, 7) is 5.87. The molecule has 0 saturated carbocycles. The van der Waals surface area contributed by atoms with Crippen LogP contribution in [0.5, 0.6) is 0 Å². The normalized spacial score (nSPS) is 13.2. The molecular formula is C13H23NOS2. The van der Waals surface area contributed by atoms with Gasteiger partial charge >= 0.3 is 0 Å². The maximum atomic E-state index is 8.68. The second-order valence-corrected chi connectivity index (χ2v) is 6.58. The monoisotopic (exact) mass is 273 g/mol. The summed E-state index contributed by atoms with van der Waals surface area (Å²) in [7, 11) is 0. The first-order valence-electron chi connectivity index (χ1n) is 6.21. The predicted molar refractivity (Wildman–Crippen MR) is 78.9 cm³/mol. The fourth-order valence-corrected chi connectivity index (χ4v) is 3.46. The van der Waals surface area contributed by atoms with Crippen molar-refractivity contribution in [3.8, 4) is 0 Å². The molecule has 98 valence electrons. The summed E-state index contributed by atoms with van der Waals surface area (Å²) in [5.74, 6) is 2.80. The van der Waals surface area contributed by atoms with Gasteiger partial charge in [-0.2, -0.15) is 11.8 Å². The molecule has 0 saturated heterocycles. The Bertz CT molecular complexity index is 275. The van der Waals surface area contributed by atoms with Gasteiger partial charge in [-0.1, -0.05) is 19.9 Å². The molecule has 1 aromatic heterocycles. The number of hydrogen-bond donors (Lipinski definition) is 2. The van der Waals surface area contributed by atoms with Crippen LogP contribution in [0, 0.1) is 5.92 Å². The van der Waals surface area contributed by atoms with E-state index in [9.17, 15) is 0 Å². The highest BCUT2D eigenvalue weighted by atomic mass is 32.2. The quantitative estimate of drug-likeness (QED) is 0.678. The van der Waals surface area contributed by atoms with Gasteiger partial charge in [-0.3, -0.25) is 0 Å². The number of aliphatic hydroxyl groups is 1. The molecule has 0 fully saturated rings. The minimum atomic E-state index is 0.310. The number of hydrogen-bond acceptors (Lipinski definition) is 4. The van der Waals surface area contributed by atoms with Crippen LogP contribution in [0.15, 0.2) is 17.5 Å². The molecule has 1 unspecified atom stereocenters. The molecular weight excluding hydrogens is 250 g/mol. The summed E-state index contributed by atoms with van der Waals surface area (Å²) in [6, 6.07) is 4.81. The maximum absolute atomic E-state index is 8.68. The fourth-order valence-electron chi connectivity index (χ4n) is 1.69. The van der Waals surface area contributed by atoms with Crippen LogP contribution in [0.4, 0.5) is 0 Å². The van der Waals surface area contributed by atoms with Gasteiger partial charge in [0.1, 0.15) is 0 Å². The first-order chi connectivity index (χ1) is 8.25. The van der Waals surface area contributed by atoms with Gasteiger partial charge in [0.15, 0.2) is 0 Å². The number of thioether (sulfide) groups is 1. The Kier molecular flexibility index (Phi) is 7.93. The molecule has 1 aromatic rings. The second-order valence-electron chi connectivity index (χ2n) is 4.38. The molecule has 0 aliphatic heterocycles. The van der Waals surface area contributed by atoms with Gasteiger partial charge in [0, 0.05) is 29.8 Å². The molecule has 2 nitrogen and oxygen atoms in total. The van der Waals surface area contributed by atoms with E-state index in [4.69, 9.17) is 5.11 Å². The number of rotatable bonds is 9. The summed E-state index contributed by atoms with van der Waals surface area (Å²) in [5.41, 5.74) is 0. The number of thiophene rings is 1. The molecule has 2 N–H and O–H groups in total. The Balaban J connectivity index is 2.22. The molecule has 17 heavy (non-hydrogen) atoms. The van der Waals surface area contributed by atoms with Gasteiger partial charge in [-0.25, -0.2) is 0 Å². The van der Waals surface area contributed by atoms with Crippen molar-refractivity contribution in [1.82, 2.24) is 5.32 Å². The third kappa shape index (κ3) is 5.91. The highest BCUT2D eigenvalue weighted by Crippen LogP contribution is 2.25. The molecule has 0 aliphatic carbocycles. The SMILES string of the molecule is CC(C)C(NCCSCCCO)c1cccs1. The third-order valence-electron chi connectivity index (χ3n) is 2.57. The molecule has 1 heterocycles. The Morgan fingerprint density at radius 2 is 2.24 bits per heavy atom. The van der Waals surface area contributed by atoms with Crippen LogP contribution in [-0.2, 0) is 0 Å². The summed E-state index contributed by atoms with van der Waals surface area (Å²) in [4.78, 5) is 1.43. The fraction of sp³-hybridized carbons (Fsp3) is 0.692. The van der Waals surface area contributed by atoms with Crippen molar-refractivity contribution in [3.05, 3.63) is 22.4 Å². The van der Waals surface area contributed by atoms with Gasteiger partial charge in [-0.15, -0.1) is 11.3 Å². The smallest absolute Gasteiger partial charge is 0.0438 e. The Labute approximate surface area is 113 Å². The summed E-state index contributed by atoms with van der Waals surface area (Å²) < 4.78 is 0. The molecule has 0 aliphatic rings. The van der Waals surface area contributed by atoms with Crippen LogP contribution < -0.4 is 5.32 Å². The Hall–Kier alpha value is -0.0300. The van der Waals surface area contributed by atoms with Crippen molar-refractivity contribution in [2.75, 3.05) is 24.7 Å². The van der Waals surface area contributed by atoms with Crippen LogP contribution in [0.2, 0.25) is 0 Å². The van der Waals surface area contributed by atoms with E-state index >= 15 is 0 Å². The molecule has 1 rings (SSSR count). The summed E-state index contributed by atoms with van der Waals surface area (Å²) in [6.07, 6.45) is 0.906. The van der Waals surface area contributed by atoms with E-state index in [0.717, 1.165) is 24.5 Å². The first-order valence-corrected chi connectivity index (χ1v) is 8.24. The second kappa shape index (κ2) is 8.97. The van der Waals surface area contributed by atoms with E-state index in [1.807, 2.05) is 23.1 Å². The number of aliphatic hydroxyl groups excluding tert-OH is 1. The minimum absolute atomic E-state index is 0.310. The van der Waals surface area contributed by atoms with Crippen LogP contribution in [0.25, 0.3) is 0 Å². The van der Waals surface area contributed by atoms with Crippen LogP contribution in [-0.4, -0.2) is 29.8 Å². The van der Waals surface area contributed by atoms with Crippen LogP contribution in [0.3, 0.4) is 0 Å². The largest absolute Gasteiger partial charge is 0.396 e. The minimum Gasteiger partial charge on any atom is -0.396 e. The van der Waals surface area contributed by atoms with Crippen molar-refractivity contribution >= 4 is 23.1 Å². The van der Waals surface area contributed by atoms with Gasteiger partial charge < -0.3 is 10.4 Å². The average Bonchev–Trinajstić information content (AvgIpc) is 2.81. The highest BCUT2D eigenvalue weighted by molar-refractivity contribution is 7.99. The predicted octanol–water partition coefficient (Wildman–Crippen LogP) is 3.15. The lowest BCUT2D eigenvalue weighted by atomic mass is 10.0. The molecule has 0 bridgehead atoms. The molecule has 0 amide bonds. The maximum Gasteiger partial charge on any atom is 0.0438 e. The third-order valence-corrected chi connectivity index (χ3v) is 4.60. The molecule has 0 spiro atoms. The summed E-state index contributed by atoms with van der Waals surface area (Å²) in [5, 5.41) is 14.4. The molecule has 0 radical (unpaired) electrons. The summed E-state index contributed by atoms with van der Waals surface area (Å²) >= 11 is 3.74. The lowest BCUT2D eigenvalue weighted by molar-refractivity contribution is 0.296. The highest BCUT2D eigenvalue weighted by Gasteiger charge is 2.15. The first kappa shape index (κ1) is 15.0.